The molecule has 0 atom stereocenters. The van der Waals surface area contributed by atoms with Gasteiger partial charge in [-0.25, -0.2) is 0 Å². The first-order valence-electron chi connectivity index (χ1n) is 7.30. The highest BCUT2D eigenvalue weighted by atomic mass is 35.5. The van der Waals surface area contributed by atoms with Gasteiger partial charge in [-0.05, 0) is 31.0 Å². The zero-order valence-electron chi connectivity index (χ0n) is 12.9. The molecule has 1 aromatic rings. The summed E-state index contributed by atoms with van der Waals surface area (Å²) in [6.07, 6.45) is -2.90. The van der Waals surface area contributed by atoms with E-state index in [1.165, 1.54) is 6.07 Å². The summed E-state index contributed by atoms with van der Waals surface area (Å²) < 4.78 is 38.3. The fraction of sp³-hybridized carbons (Fsp3) is 0.533. The van der Waals surface area contributed by atoms with Crippen LogP contribution in [0.2, 0.25) is 0 Å². The second-order valence-electron chi connectivity index (χ2n) is 5.98. The summed E-state index contributed by atoms with van der Waals surface area (Å²) in [6, 6.07) is 5.30. The molecule has 1 aliphatic carbocycles. The Hall–Kier alpha value is -1.18. The average molecular weight is 386 g/mol. The molecule has 1 saturated heterocycles. The molecule has 1 heterocycles. The molecule has 1 saturated carbocycles. The predicted molar refractivity (Wildman–Crippen MR) is 90.9 cm³/mol. The molecule has 0 aromatic heterocycles. The van der Waals surface area contributed by atoms with E-state index in [9.17, 15) is 18.0 Å². The van der Waals surface area contributed by atoms with E-state index in [2.05, 4.69) is 0 Å². The van der Waals surface area contributed by atoms with E-state index in [-0.39, 0.29) is 30.7 Å². The third-order valence-electron chi connectivity index (χ3n) is 4.32. The Labute approximate surface area is 151 Å². The van der Waals surface area contributed by atoms with Gasteiger partial charge in [-0.1, -0.05) is 6.07 Å². The van der Waals surface area contributed by atoms with Crippen molar-refractivity contribution in [3.05, 3.63) is 29.8 Å². The van der Waals surface area contributed by atoms with Crippen LogP contribution in [0.25, 0.3) is 0 Å². The topological polar surface area (TPSA) is 49.6 Å². The first kappa shape index (κ1) is 20.9. The number of hydrogen-bond acceptors (Lipinski definition) is 3. The van der Waals surface area contributed by atoms with Crippen LogP contribution in [0.15, 0.2) is 24.3 Å². The largest absolute Gasteiger partial charge is 0.416 e. The summed E-state index contributed by atoms with van der Waals surface area (Å²) in [5.41, 5.74) is 5.11. The van der Waals surface area contributed by atoms with Crippen LogP contribution in [0.4, 0.5) is 18.9 Å². The fourth-order valence-corrected chi connectivity index (χ4v) is 2.71. The molecule has 1 aromatic carbocycles. The number of alkyl halides is 3. The molecule has 2 aliphatic rings. The summed E-state index contributed by atoms with van der Waals surface area (Å²) in [5, 5.41) is 0. The quantitative estimate of drug-likeness (QED) is 0.851. The number of nitrogens with zero attached hydrogens (tertiary/aromatic N) is 2. The van der Waals surface area contributed by atoms with Crippen molar-refractivity contribution in [2.45, 2.75) is 24.6 Å². The molecule has 4 nitrogen and oxygen atoms in total. The van der Waals surface area contributed by atoms with Crippen molar-refractivity contribution < 1.29 is 18.0 Å². The number of piperazine rings is 1. The number of nitrogens with two attached hydrogens (primary N) is 1. The van der Waals surface area contributed by atoms with Crippen molar-refractivity contribution in [1.29, 1.82) is 0 Å². The molecule has 2 N–H and O–H groups in total. The second kappa shape index (κ2) is 7.37. The van der Waals surface area contributed by atoms with Gasteiger partial charge in [0, 0.05) is 31.9 Å². The Morgan fingerprint density at radius 3 is 2.17 bits per heavy atom. The molecule has 9 heteroatoms. The number of amides is 1. The minimum absolute atomic E-state index is 0. The van der Waals surface area contributed by atoms with Crippen LogP contribution in [-0.4, -0.2) is 42.5 Å². The molecule has 1 amide bonds. The lowest BCUT2D eigenvalue weighted by Gasteiger charge is -2.37. The number of benzene rings is 1. The summed E-state index contributed by atoms with van der Waals surface area (Å²) in [5.74, 6) is -0.0313. The van der Waals surface area contributed by atoms with Crippen molar-refractivity contribution in [2.75, 3.05) is 31.1 Å². The highest BCUT2D eigenvalue weighted by Gasteiger charge is 2.48. The monoisotopic (exact) mass is 385 g/mol. The summed E-state index contributed by atoms with van der Waals surface area (Å²) in [4.78, 5) is 15.7. The van der Waals surface area contributed by atoms with Crippen LogP contribution in [0.5, 0.6) is 0 Å². The average Bonchev–Trinajstić information content (AvgIpc) is 3.25. The van der Waals surface area contributed by atoms with E-state index in [1.807, 2.05) is 4.90 Å². The Balaban J connectivity index is 0.00000144. The number of hydrogen-bond donors (Lipinski definition) is 1. The van der Waals surface area contributed by atoms with Gasteiger partial charge < -0.3 is 15.5 Å². The maximum Gasteiger partial charge on any atom is 0.416 e. The third kappa shape index (κ3) is 4.26. The van der Waals surface area contributed by atoms with Crippen LogP contribution in [0.3, 0.4) is 0 Å². The minimum Gasteiger partial charge on any atom is -0.368 e. The van der Waals surface area contributed by atoms with Gasteiger partial charge in [0.25, 0.3) is 0 Å². The number of halogens is 5. The van der Waals surface area contributed by atoms with E-state index in [1.54, 1.807) is 11.0 Å². The van der Waals surface area contributed by atoms with E-state index in [0.29, 0.717) is 31.9 Å². The molecule has 2 fully saturated rings. The first-order chi connectivity index (χ1) is 10.3. The van der Waals surface area contributed by atoms with Gasteiger partial charge in [0.2, 0.25) is 5.91 Å². The number of rotatable bonds is 2. The van der Waals surface area contributed by atoms with Crippen LogP contribution in [-0.2, 0) is 11.0 Å². The van der Waals surface area contributed by atoms with Gasteiger partial charge in [0.15, 0.2) is 0 Å². The number of anilines is 1. The van der Waals surface area contributed by atoms with Gasteiger partial charge in [0.1, 0.15) is 0 Å². The van der Waals surface area contributed by atoms with Gasteiger partial charge in [-0.3, -0.25) is 4.79 Å². The molecule has 1 aliphatic heterocycles. The fourth-order valence-electron chi connectivity index (χ4n) is 2.71. The van der Waals surface area contributed by atoms with Crippen molar-refractivity contribution in [3.63, 3.8) is 0 Å². The predicted octanol–water partition coefficient (Wildman–Crippen LogP) is 2.69. The van der Waals surface area contributed by atoms with Gasteiger partial charge in [-0.15, -0.1) is 24.8 Å². The van der Waals surface area contributed by atoms with Crippen molar-refractivity contribution in [1.82, 2.24) is 4.90 Å². The lowest BCUT2D eigenvalue weighted by molar-refractivity contribution is -0.137. The number of carbonyl (C=O) groups is 1. The lowest BCUT2D eigenvalue weighted by atomic mass is 10.1. The zero-order valence-corrected chi connectivity index (χ0v) is 14.5. The SMILES string of the molecule is Cl.Cl.NC1(C(=O)N2CCN(c3cccc(C(F)(F)F)c3)CC2)CC1. The highest BCUT2D eigenvalue weighted by Crippen LogP contribution is 2.35. The Morgan fingerprint density at radius 2 is 1.67 bits per heavy atom. The molecular weight excluding hydrogens is 366 g/mol. The zero-order chi connectivity index (χ0) is 16.0. The smallest absolute Gasteiger partial charge is 0.368 e. The van der Waals surface area contributed by atoms with Crippen molar-refractivity contribution >= 4 is 36.4 Å². The molecule has 136 valence electrons. The maximum absolute atomic E-state index is 12.8. The molecule has 24 heavy (non-hydrogen) atoms. The summed E-state index contributed by atoms with van der Waals surface area (Å²) in [7, 11) is 0. The first-order valence-corrected chi connectivity index (χ1v) is 7.30. The van der Waals surface area contributed by atoms with Gasteiger partial charge in [-0.2, -0.15) is 13.2 Å². The summed E-state index contributed by atoms with van der Waals surface area (Å²) in [6.45, 7) is 2.02. The van der Waals surface area contributed by atoms with E-state index < -0.39 is 17.3 Å². The van der Waals surface area contributed by atoms with E-state index >= 15 is 0 Å². The molecule has 0 radical (unpaired) electrons. The molecular formula is C15H20Cl2F3N3O. The Bertz CT molecular complexity index is 586. The molecule has 3 rings (SSSR count). The molecule has 0 bridgehead atoms. The van der Waals surface area contributed by atoms with Crippen molar-refractivity contribution in [2.24, 2.45) is 5.73 Å². The Morgan fingerprint density at radius 1 is 1.08 bits per heavy atom. The molecule has 0 spiro atoms. The number of carbonyl (C=O) groups excluding carboxylic acids is 1. The van der Waals surface area contributed by atoms with E-state index in [0.717, 1.165) is 25.0 Å². The van der Waals surface area contributed by atoms with Crippen LogP contribution < -0.4 is 10.6 Å². The Kier molecular flexibility index (Phi) is 6.41. The minimum atomic E-state index is -4.34. The molecule has 0 unspecified atom stereocenters. The van der Waals surface area contributed by atoms with Crippen molar-refractivity contribution in [3.8, 4) is 0 Å². The van der Waals surface area contributed by atoms with Crippen LogP contribution >= 0.6 is 24.8 Å². The van der Waals surface area contributed by atoms with Gasteiger partial charge >= 0.3 is 6.18 Å². The second-order valence-corrected chi connectivity index (χ2v) is 5.98. The van der Waals surface area contributed by atoms with E-state index in [4.69, 9.17) is 5.73 Å². The van der Waals surface area contributed by atoms with Crippen LogP contribution in [0.1, 0.15) is 18.4 Å². The summed E-state index contributed by atoms with van der Waals surface area (Å²) >= 11 is 0. The lowest BCUT2D eigenvalue weighted by Crippen LogP contribution is -2.54. The van der Waals surface area contributed by atoms with Gasteiger partial charge in [0.05, 0.1) is 11.1 Å². The third-order valence-corrected chi connectivity index (χ3v) is 4.32. The standard InChI is InChI=1S/C15H18F3N3O.2ClH/c16-15(17,18)11-2-1-3-12(10-11)20-6-8-21(9-7-20)13(22)14(19)4-5-14;;/h1-3,10H,4-9,19H2;2*1H. The van der Waals surface area contributed by atoms with Crippen LogP contribution in [0, 0.1) is 0 Å². The normalized spacial score (nSPS) is 19.2. The highest BCUT2D eigenvalue weighted by molar-refractivity contribution is 5.89. The maximum atomic E-state index is 12.8.